The van der Waals surface area contributed by atoms with E-state index >= 15 is 0 Å². The molecule has 0 aromatic heterocycles. The van der Waals surface area contributed by atoms with Gasteiger partial charge >= 0.3 is 11.9 Å². The third-order valence-electron chi connectivity index (χ3n) is 2.62. The molecule has 0 bridgehead atoms. The molecule has 1 aromatic carbocycles. The predicted molar refractivity (Wildman–Crippen MR) is 61.1 cm³/mol. The second kappa shape index (κ2) is 5.00. The molecule has 0 radical (unpaired) electrons. The molecule has 1 aliphatic rings. The predicted octanol–water partition coefficient (Wildman–Crippen LogP) is 1.49. The summed E-state index contributed by atoms with van der Waals surface area (Å²) in [5, 5.41) is 0. The van der Waals surface area contributed by atoms with E-state index in [0.29, 0.717) is 11.1 Å². The van der Waals surface area contributed by atoms with Crippen LogP contribution < -0.4 is 0 Å². The van der Waals surface area contributed by atoms with E-state index in [4.69, 9.17) is 9.47 Å². The Morgan fingerprint density at radius 3 is 2.89 bits per heavy atom. The Morgan fingerprint density at radius 1 is 1.39 bits per heavy atom. The minimum absolute atomic E-state index is 0.237. The molecule has 0 unspecified atom stereocenters. The Kier molecular flexibility index (Phi) is 3.41. The number of ketones is 1. The van der Waals surface area contributed by atoms with Gasteiger partial charge in [-0.25, -0.2) is 4.79 Å². The van der Waals surface area contributed by atoms with E-state index < -0.39 is 11.9 Å². The fourth-order valence-electron chi connectivity index (χ4n) is 1.73. The maximum absolute atomic E-state index is 11.8. The number of carbonyl (C=O) groups is 3. The molecule has 0 N–H and O–H groups in total. The average molecular weight is 248 g/mol. The lowest BCUT2D eigenvalue weighted by atomic mass is 10.0. The standard InChI is InChI=1S/C13H12O5/c1-2-17-12(15)6-11(14)8-3-4-9-7-18-13(16)10(9)5-8/h3-5H,2,6-7H2,1H3. The van der Waals surface area contributed by atoms with E-state index in [0.717, 1.165) is 5.56 Å². The zero-order valence-electron chi connectivity index (χ0n) is 9.89. The number of cyclic esters (lactones) is 1. The molecule has 2 rings (SSSR count). The number of hydrogen-bond acceptors (Lipinski definition) is 5. The van der Waals surface area contributed by atoms with Gasteiger partial charge in [0.2, 0.25) is 0 Å². The molecular formula is C13H12O5. The molecule has 0 saturated carbocycles. The van der Waals surface area contributed by atoms with Crippen molar-refractivity contribution in [2.45, 2.75) is 20.0 Å². The van der Waals surface area contributed by atoms with E-state index in [-0.39, 0.29) is 25.4 Å². The number of esters is 2. The van der Waals surface area contributed by atoms with Crippen molar-refractivity contribution in [3.05, 3.63) is 34.9 Å². The van der Waals surface area contributed by atoms with Crippen LogP contribution in [-0.2, 0) is 20.9 Å². The number of benzene rings is 1. The van der Waals surface area contributed by atoms with Crippen LogP contribution in [0.1, 0.15) is 39.6 Å². The first kappa shape index (κ1) is 12.3. The van der Waals surface area contributed by atoms with Crippen LogP contribution in [0.2, 0.25) is 0 Å². The summed E-state index contributed by atoms with van der Waals surface area (Å²) >= 11 is 0. The minimum atomic E-state index is -0.564. The number of fused-ring (bicyclic) bond motifs is 1. The minimum Gasteiger partial charge on any atom is -0.466 e. The van der Waals surface area contributed by atoms with Crippen LogP contribution in [0.25, 0.3) is 0 Å². The van der Waals surface area contributed by atoms with Crippen molar-refractivity contribution >= 4 is 17.7 Å². The molecule has 5 nitrogen and oxygen atoms in total. The molecular weight excluding hydrogens is 236 g/mol. The zero-order chi connectivity index (χ0) is 13.1. The Morgan fingerprint density at radius 2 is 2.17 bits per heavy atom. The van der Waals surface area contributed by atoms with Gasteiger partial charge in [0.25, 0.3) is 0 Å². The largest absolute Gasteiger partial charge is 0.466 e. The van der Waals surface area contributed by atoms with Gasteiger partial charge in [0.15, 0.2) is 5.78 Å². The fraction of sp³-hybridized carbons (Fsp3) is 0.308. The summed E-state index contributed by atoms with van der Waals surface area (Å²) in [5.41, 5.74) is 1.47. The second-order valence-corrected chi connectivity index (χ2v) is 3.85. The van der Waals surface area contributed by atoms with Crippen LogP contribution in [0.4, 0.5) is 0 Å². The Hall–Kier alpha value is -2.17. The van der Waals surface area contributed by atoms with E-state index in [9.17, 15) is 14.4 Å². The Bertz CT molecular complexity index is 518. The Balaban J connectivity index is 2.15. The van der Waals surface area contributed by atoms with Gasteiger partial charge in [-0.1, -0.05) is 12.1 Å². The highest BCUT2D eigenvalue weighted by Gasteiger charge is 2.23. The van der Waals surface area contributed by atoms with Crippen LogP contribution in [-0.4, -0.2) is 24.3 Å². The lowest BCUT2D eigenvalue weighted by molar-refractivity contribution is -0.141. The van der Waals surface area contributed by atoms with Crippen LogP contribution >= 0.6 is 0 Å². The summed E-state index contributed by atoms with van der Waals surface area (Å²) < 4.78 is 9.53. The molecule has 1 aromatic rings. The number of rotatable bonds is 4. The number of carbonyl (C=O) groups excluding carboxylic acids is 3. The van der Waals surface area contributed by atoms with Crippen molar-refractivity contribution in [3.8, 4) is 0 Å². The number of ether oxygens (including phenoxy) is 2. The molecule has 0 atom stereocenters. The molecule has 0 saturated heterocycles. The van der Waals surface area contributed by atoms with Gasteiger partial charge < -0.3 is 9.47 Å². The highest BCUT2D eigenvalue weighted by molar-refractivity contribution is 6.07. The molecule has 1 heterocycles. The Labute approximate surface area is 104 Å². The first-order valence-corrected chi connectivity index (χ1v) is 5.60. The van der Waals surface area contributed by atoms with E-state index in [1.165, 1.54) is 6.07 Å². The summed E-state index contributed by atoms with van der Waals surface area (Å²) in [5.74, 6) is -1.36. The molecule has 0 aliphatic carbocycles. The second-order valence-electron chi connectivity index (χ2n) is 3.85. The summed E-state index contributed by atoms with van der Waals surface area (Å²) in [4.78, 5) is 34.3. The number of Topliss-reactive ketones (excluding diaryl/α,β-unsaturated/α-hetero) is 1. The first-order valence-electron chi connectivity index (χ1n) is 5.60. The molecule has 18 heavy (non-hydrogen) atoms. The topological polar surface area (TPSA) is 69.7 Å². The van der Waals surface area contributed by atoms with Crippen molar-refractivity contribution in [2.75, 3.05) is 6.61 Å². The monoisotopic (exact) mass is 248 g/mol. The summed E-state index contributed by atoms with van der Waals surface area (Å²) in [6, 6.07) is 4.72. The van der Waals surface area contributed by atoms with Crippen molar-refractivity contribution in [3.63, 3.8) is 0 Å². The van der Waals surface area contributed by atoms with Gasteiger partial charge in [-0.15, -0.1) is 0 Å². The smallest absolute Gasteiger partial charge is 0.338 e. The molecule has 5 heteroatoms. The molecule has 0 spiro atoms. The zero-order valence-corrected chi connectivity index (χ0v) is 9.89. The van der Waals surface area contributed by atoms with Crippen molar-refractivity contribution in [1.82, 2.24) is 0 Å². The average Bonchev–Trinajstić information content (AvgIpc) is 2.71. The third-order valence-corrected chi connectivity index (χ3v) is 2.62. The van der Waals surface area contributed by atoms with Crippen LogP contribution in [0.15, 0.2) is 18.2 Å². The van der Waals surface area contributed by atoms with Crippen molar-refractivity contribution < 1.29 is 23.9 Å². The van der Waals surface area contributed by atoms with E-state index in [2.05, 4.69) is 0 Å². The summed E-state index contributed by atoms with van der Waals surface area (Å²) in [6.07, 6.45) is -0.318. The van der Waals surface area contributed by atoms with Gasteiger partial charge in [0.05, 0.1) is 12.2 Å². The third kappa shape index (κ3) is 2.40. The molecule has 0 fully saturated rings. The van der Waals surface area contributed by atoms with Gasteiger partial charge in [-0.3, -0.25) is 9.59 Å². The summed E-state index contributed by atoms with van der Waals surface area (Å²) in [6.45, 7) is 2.15. The van der Waals surface area contributed by atoms with Gasteiger partial charge in [0.1, 0.15) is 13.0 Å². The van der Waals surface area contributed by atoms with Crippen LogP contribution in [0.5, 0.6) is 0 Å². The van der Waals surface area contributed by atoms with Crippen LogP contribution in [0, 0.1) is 0 Å². The van der Waals surface area contributed by atoms with E-state index in [1.54, 1.807) is 19.1 Å². The van der Waals surface area contributed by atoms with Crippen molar-refractivity contribution in [1.29, 1.82) is 0 Å². The van der Waals surface area contributed by atoms with Gasteiger partial charge in [-0.05, 0) is 13.0 Å². The lowest BCUT2D eigenvalue weighted by Gasteiger charge is -2.02. The lowest BCUT2D eigenvalue weighted by Crippen LogP contribution is -2.11. The van der Waals surface area contributed by atoms with Gasteiger partial charge in [-0.2, -0.15) is 0 Å². The molecule has 1 aliphatic heterocycles. The van der Waals surface area contributed by atoms with Crippen molar-refractivity contribution in [2.24, 2.45) is 0 Å². The van der Waals surface area contributed by atoms with E-state index in [1.807, 2.05) is 0 Å². The highest BCUT2D eigenvalue weighted by Crippen LogP contribution is 2.21. The van der Waals surface area contributed by atoms with Gasteiger partial charge in [0, 0.05) is 11.1 Å². The maximum atomic E-state index is 11.8. The quantitative estimate of drug-likeness (QED) is 0.458. The van der Waals surface area contributed by atoms with Crippen LogP contribution in [0.3, 0.4) is 0 Å². The summed E-state index contributed by atoms with van der Waals surface area (Å²) in [7, 11) is 0. The molecule has 94 valence electrons. The SMILES string of the molecule is CCOC(=O)CC(=O)c1ccc2c(c1)C(=O)OC2. The number of hydrogen-bond donors (Lipinski definition) is 0. The fourth-order valence-corrected chi connectivity index (χ4v) is 1.73. The molecule has 0 amide bonds. The normalized spacial score (nSPS) is 12.8. The maximum Gasteiger partial charge on any atom is 0.338 e. The first-order chi connectivity index (χ1) is 8.61. The highest BCUT2D eigenvalue weighted by atomic mass is 16.5.